The van der Waals surface area contributed by atoms with Gasteiger partial charge in [-0.05, 0) is 18.9 Å². The van der Waals surface area contributed by atoms with E-state index in [-0.39, 0.29) is 6.04 Å². The minimum Gasteiger partial charge on any atom is -0.465 e. The van der Waals surface area contributed by atoms with Gasteiger partial charge in [0.2, 0.25) is 0 Å². The second-order valence-electron chi connectivity index (χ2n) is 4.14. The van der Waals surface area contributed by atoms with Crippen molar-refractivity contribution in [1.29, 1.82) is 0 Å². The summed E-state index contributed by atoms with van der Waals surface area (Å²) in [5.74, 6) is 0.0785. The first-order valence-corrected chi connectivity index (χ1v) is 5.89. The van der Waals surface area contributed by atoms with Crippen LogP contribution in [0.25, 0.3) is 0 Å². The van der Waals surface area contributed by atoms with Gasteiger partial charge >= 0.3 is 5.97 Å². The van der Waals surface area contributed by atoms with Crippen LogP contribution in [0.3, 0.4) is 0 Å². The molecule has 18 heavy (non-hydrogen) atoms. The summed E-state index contributed by atoms with van der Waals surface area (Å²) < 4.78 is 9.95. The van der Waals surface area contributed by atoms with Gasteiger partial charge in [0.1, 0.15) is 5.82 Å². The Labute approximate surface area is 105 Å². The Balaban J connectivity index is 2.15. The average Bonchev–Trinajstić information content (AvgIpc) is 2.41. The minimum absolute atomic E-state index is 0.279. The van der Waals surface area contributed by atoms with Crippen molar-refractivity contribution in [3.63, 3.8) is 0 Å². The van der Waals surface area contributed by atoms with Crippen LogP contribution in [-0.2, 0) is 9.47 Å². The first-order chi connectivity index (χ1) is 8.72. The summed E-state index contributed by atoms with van der Waals surface area (Å²) in [6, 6.07) is 1.83. The number of carbonyl (C=O) groups excluding carboxylic acids is 1. The van der Waals surface area contributed by atoms with Gasteiger partial charge in [0.15, 0.2) is 0 Å². The van der Waals surface area contributed by atoms with E-state index in [2.05, 4.69) is 15.0 Å². The number of aromatic nitrogens is 1. The van der Waals surface area contributed by atoms with Crippen molar-refractivity contribution < 1.29 is 14.3 Å². The molecule has 2 heterocycles. The summed E-state index contributed by atoms with van der Waals surface area (Å²) in [5, 5.41) is 3.24. The second kappa shape index (κ2) is 5.68. The number of pyridine rings is 1. The molecule has 0 atom stereocenters. The Kier molecular flexibility index (Phi) is 3.99. The first kappa shape index (κ1) is 12.6. The van der Waals surface area contributed by atoms with E-state index in [1.165, 1.54) is 7.11 Å². The third-order valence-corrected chi connectivity index (χ3v) is 2.96. The van der Waals surface area contributed by atoms with Crippen LogP contribution in [-0.4, -0.2) is 37.3 Å². The van der Waals surface area contributed by atoms with Gasteiger partial charge < -0.3 is 20.5 Å². The Bertz CT molecular complexity index is 431. The van der Waals surface area contributed by atoms with E-state index < -0.39 is 5.97 Å². The topological polar surface area (TPSA) is 86.5 Å². The van der Waals surface area contributed by atoms with Gasteiger partial charge in [-0.3, -0.25) is 0 Å². The maximum atomic E-state index is 11.5. The molecule has 1 aliphatic heterocycles. The van der Waals surface area contributed by atoms with Gasteiger partial charge in [-0.2, -0.15) is 0 Å². The molecular weight excluding hydrogens is 234 g/mol. The maximum Gasteiger partial charge on any atom is 0.340 e. The van der Waals surface area contributed by atoms with Crippen LogP contribution >= 0.6 is 0 Å². The lowest BCUT2D eigenvalue weighted by atomic mass is 10.1. The van der Waals surface area contributed by atoms with E-state index in [0.29, 0.717) is 17.1 Å². The number of carbonyl (C=O) groups is 1. The molecule has 1 saturated heterocycles. The number of nitrogens with one attached hydrogen (secondary N) is 1. The van der Waals surface area contributed by atoms with Crippen molar-refractivity contribution in [3.05, 3.63) is 17.8 Å². The number of nitrogens with two attached hydrogens (primary N) is 1. The lowest BCUT2D eigenvalue weighted by Gasteiger charge is -2.24. The van der Waals surface area contributed by atoms with Crippen molar-refractivity contribution in [3.8, 4) is 0 Å². The van der Waals surface area contributed by atoms with Crippen LogP contribution < -0.4 is 11.1 Å². The molecule has 98 valence electrons. The van der Waals surface area contributed by atoms with E-state index in [9.17, 15) is 4.79 Å². The highest BCUT2D eigenvalue weighted by Crippen LogP contribution is 2.23. The fraction of sp³-hybridized carbons (Fsp3) is 0.500. The number of methoxy groups -OCH3 is 1. The number of nitrogens with zero attached hydrogens (tertiary/aromatic N) is 1. The van der Waals surface area contributed by atoms with E-state index in [4.69, 9.17) is 10.5 Å². The first-order valence-electron chi connectivity index (χ1n) is 5.89. The highest BCUT2D eigenvalue weighted by atomic mass is 16.5. The molecule has 0 unspecified atom stereocenters. The molecule has 1 fully saturated rings. The smallest absolute Gasteiger partial charge is 0.340 e. The molecule has 0 spiro atoms. The molecule has 6 heteroatoms. The second-order valence-corrected chi connectivity index (χ2v) is 4.14. The molecule has 0 aromatic carbocycles. The van der Waals surface area contributed by atoms with Crippen LogP contribution in [0.4, 0.5) is 11.5 Å². The maximum absolute atomic E-state index is 11.5. The molecule has 0 bridgehead atoms. The van der Waals surface area contributed by atoms with Gasteiger partial charge in [0, 0.05) is 25.5 Å². The lowest BCUT2D eigenvalue weighted by Crippen LogP contribution is -2.28. The number of esters is 1. The number of anilines is 2. The van der Waals surface area contributed by atoms with Crippen LogP contribution in [0.1, 0.15) is 23.2 Å². The van der Waals surface area contributed by atoms with Crippen LogP contribution in [0.5, 0.6) is 0 Å². The molecular formula is C12H17N3O3. The largest absolute Gasteiger partial charge is 0.465 e. The number of ether oxygens (including phenoxy) is 2. The summed E-state index contributed by atoms with van der Waals surface area (Å²) >= 11 is 0. The highest BCUT2D eigenvalue weighted by molar-refractivity contribution is 5.97. The normalized spacial score (nSPS) is 16.3. The Hall–Kier alpha value is -1.82. The number of nitrogen functional groups attached to an aromatic ring is 1. The fourth-order valence-electron chi connectivity index (χ4n) is 1.91. The highest BCUT2D eigenvalue weighted by Gasteiger charge is 2.18. The predicted molar refractivity (Wildman–Crippen MR) is 67.5 cm³/mol. The molecule has 3 N–H and O–H groups in total. The predicted octanol–water partition coefficient (Wildman–Crippen LogP) is 1.04. The van der Waals surface area contributed by atoms with Gasteiger partial charge in [-0.1, -0.05) is 0 Å². The van der Waals surface area contributed by atoms with E-state index in [0.717, 1.165) is 26.1 Å². The van der Waals surface area contributed by atoms with Gasteiger partial charge in [0.05, 0.1) is 18.4 Å². The van der Waals surface area contributed by atoms with Gasteiger partial charge in [-0.25, -0.2) is 9.78 Å². The molecule has 1 aromatic rings. The number of rotatable bonds is 3. The van der Waals surface area contributed by atoms with Crippen LogP contribution in [0, 0.1) is 0 Å². The van der Waals surface area contributed by atoms with E-state index in [1.807, 2.05) is 0 Å². The summed E-state index contributed by atoms with van der Waals surface area (Å²) in [7, 11) is 1.33. The third kappa shape index (κ3) is 2.70. The van der Waals surface area contributed by atoms with Gasteiger partial charge in [0.25, 0.3) is 0 Å². The van der Waals surface area contributed by atoms with E-state index in [1.54, 1.807) is 12.3 Å². The Morgan fingerprint density at radius 1 is 1.56 bits per heavy atom. The minimum atomic E-state index is -0.454. The Morgan fingerprint density at radius 3 is 2.94 bits per heavy atom. The van der Waals surface area contributed by atoms with Crippen molar-refractivity contribution >= 4 is 17.5 Å². The monoisotopic (exact) mass is 251 g/mol. The van der Waals surface area contributed by atoms with E-state index >= 15 is 0 Å². The molecule has 2 rings (SSSR count). The van der Waals surface area contributed by atoms with Crippen molar-refractivity contribution in [2.24, 2.45) is 0 Å². The Morgan fingerprint density at radius 2 is 2.28 bits per heavy atom. The molecule has 1 aromatic heterocycles. The van der Waals surface area contributed by atoms with Crippen molar-refractivity contribution in [1.82, 2.24) is 4.98 Å². The molecule has 0 aliphatic carbocycles. The fourth-order valence-corrected chi connectivity index (χ4v) is 1.91. The molecule has 0 radical (unpaired) electrons. The average molecular weight is 251 g/mol. The molecule has 6 nitrogen and oxygen atoms in total. The van der Waals surface area contributed by atoms with Gasteiger partial charge in [-0.15, -0.1) is 0 Å². The number of hydrogen-bond donors (Lipinski definition) is 2. The number of hydrogen-bond acceptors (Lipinski definition) is 6. The molecule has 0 saturated carbocycles. The van der Waals surface area contributed by atoms with Crippen LogP contribution in [0.15, 0.2) is 12.3 Å². The molecule has 0 amide bonds. The van der Waals surface area contributed by atoms with Crippen molar-refractivity contribution in [2.75, 3.05) is 31.4 Å². The standard InChI is InChI=1S/C12H17N3O3/c1-17-12(16)9-2-5-14-11(10(9)13)15-8-3-6-18-7-4-8/h2,5,8H,3-4,6-7,13H2,1H3,(H,14,15). The summed E-state index contributed by atoms with van der Waals surface area (Å²) in [6.07, 6.45) is 3.36. The summed E-state index contributed by atoms with van der Waals surface area (Å²) in [6.45, 7) is 1.46. The zero-order chi connectivity index (χ0) is 13.0. The van der Waals surface area contributed by atoms with Crippen molar-refractivity contribution in [2.45, 2.75) is 18.9 Å². The quantitative estimate of drug-likeness (QED) is 0.781. The molecule has 1 aliphatic rings. The SMILES string of the molecule is COC(=O)c1ccnc(NC2CCOCC2)c1N. The lowest BCUT2D eigenvalue weighted by molar-refractivity contribution is 0.0601. The zero-order valence-electron chi connectivity index (χ0n) is 10.3. The summed E-state index contributed by atoms with van der Waals surface area (Å²) in [5.41, 5.74) is 6.58. The third-order valence-electron chi connectivity index (χ3n) is 2.96. The summed E-state index contributed by atoms with van der Waals surface area (Å²) in [4.78, 5) is 15.7. The zero-order valence-corrected chi connectivity index (χ0v) is 10.3. The van der Waals surface area contributed by atoms with Crippen LogP contribution in [0.2, 0.25) is 0 Å².